The Labute approximate surface area is 92.8 Å². The molecule has 0 aliphatic carbocycles. The van der Waals surface area contributed by atoms with Crippen molar-refractivity contribution in [3.05, 3.63) is 0 Å². The van der Waals surface area contributed by atoms with E-state index in [0.717, 1.165) is 5.92 Å². The molecule has 0 aromatic heterocycles. The third-order valence-corrected chi connectivity index (χ3v) is 4.09. The van der Waals surface area contributed by atoms with E-state index in [1.807, 2.05) is 0 Å². The maximum Gasteiger partial charge on any atom is 0.0587 e. The van der Waals surface area contributed by atoms with Gasteiger partial charge < -0.3 is 15.3 Å². The van der Waals surface area contributed by atoms with Gasteiger partial charge in [-0.3, -0.25) is 0 Å². The van der Waals surface area contributed by atoms with Crippen LogP contribution in [0.25, 0.3) is 0 Å². The lowest BCUT2D eigenvalue weighted by molar-refractivity contribution is 0.0565. The summed E-state index contributed by atoms with van der Waals surface area (Å²) in [6, 6.07) is 0.891. The summed E-state index contributed by atoms with van der Waals surface area (Å²) >= 11 is 0. The van der Waals surface area contributed by atoms with E-state index in [1.165, 1.54) is 32.5 Å². The maximum atomic E-state index is 9.32. The second-order valence-corrected chi connectivity index (χ2v) is 5.44. The van der Waals surface area contributed by atoms with Crippen LogP contribution in [0.3, 0.4) is 0 Å². The molecule has 2 bridgehead atoms. The molecule has 15 heavy (non-hydrogen) atoms. The first kappa shape index (κ1) is 11.4. The molecule has 2 atom stereocenters. The molecule has 0 saturated carbocycles. The van der Waals surface area contributed by atoms with E-state index in [0.29, 0.717) is 12.0 Å². The fourth-order valence-electron chi connectivity index (χ4n) is 2.88. The van der Waals surface area contributed by atoms with Crippen LogP contribution >= 0.6 is 0 Å². The zero-order chi connectivity index (χ0) is 10.8. The SMILES string of the molecule is CC(C)[C@@H](CO)NC1CN2CCC1CC2. The number of hydrogen-bond donors (Lipinski definition) is 2. The van der Waals surface area contributed by atoms with Gasteiger partial charge in [-0.15, -0.1) is 0 Å². The summed E-state index contributed by atoms with van der Waals surface area (Å²) in [5.41, 5.74) is 0. The average molecular weight is 212 g/mol. The Morgan fingerprint density at radius 3 is 2.40 bits per heavy atom. The molecule has 3 aliphatic rings. The van der Waals surface area contributed by atoms with Gasteiger partial charge >= 0.3 is 0 Å². The minimum atomic E-state index is 0.265. The standard InChI is InChI=1S/C12H24N2O/c1-9(2)12(8-15)13-11-7-14-5-3-10(11)4-6-14/h9-13,15H,3-8H2,1-2H3/t11?,12-/m1/s1. The van der Waals surface area contributed by atoms with Gasteiger partial charge in [-0.2, -0.15) is 0 Å². The molecule has 0 amide bonds. The largest absolute Gasteiger partial charge is 0.395 e. The number of aliphatic hydroxyl groups excluding tert-OH is 1. The Balaban J connectivity index is 1.88. The summed E-state index contributed by atoms with van der Waals surface area (Å²) in [4.78, 5) is 2.55. The van der Waals surface area contributed by atoms with E-state index in [-0.39, 0.29) is 12.6 Å². The first-order chi connectivity index (χ1) is 7.20. The van der Waals surface area contributed by atoms with E-state index in [2.05, 4.69) is 24.1 Å². The monoisotopic (exact) mass is 212 g/mol. The summed E-state index contributed by atoms with van der Waals surface area (Å²) in [6.07, 6.45) is 2.68. The molecule has 2 N–H and O–H groups in total. The van der Waals surface area contributed by atoms with E-state index >= 15 is 0 Å². The van der Waals surface area contributed by atoms with Crippen LogP contribution in [-0.4, -0.2) is 48.3 Å². The summed E-state index contributed by atoms with van der Waals surface area (Å²) in [6.45, 7) is 8.38. The number of fused-ring (bicyclic) bond motifs is 3. The van der Waals surface area contributed by atoms with Gasteiger partial charge in [0, 0.05) is 18.6 Å². The Kier molecular flexibility index (Phi) is 3.65. The highest BCUT2D eigenvalue weighted by atomic mass is 16.3. The first-order valence-electron chi connectivity index (χ1n) is 6.30. The van der Waals surface area contributed by atoms with Gasteiger partial charge in [0.1, 0.15) is 0 Å². The predicted octanol–water partition coefficient (Wildman–Crippen LogP) is 0.687. The second-order valence-electron chi connectivity index (χ2n) is 5.44. The van der Waals surface area contributed by atoms with Crippen LogP contribution in [0.5, 0.6) is 0 Å². The van der Waals surface area contributed by atoms with E-state index < -0.39 is 0 Å². The molecule has 3 rings (SSSR count). The van der Waals surface area contributed by atoms with Gasteiger partial charge in [-0.25, -0.2) is 0 Å². The fraction of sp³-hybridized carbons (Fsp3) is 1.00. The second kappa shape index (κ2) is 4.81. The zero-order valence-corrected chi connectivity index (χ0v) is 9.95. The highest BCUT2D eigenvalue weighted by molar-refractivity contribution is 4.92. The van der Waals surface area contributed by atoms with Crippen molar-refractivity contribution < 1.29 is 5.11 Å². The summed E-state index contributed by atoms with van der Waals surface area (Å²) in [5.74, 6) is 1.37. The van der Waals surface area contributed by atoms with Crippen molar-refractivity contribution in [3.63, 3.8) is 0 Å². The van der Waals surface area contributed by atoms with Crippen molar-refractivity contribution in [2.24, 2.45) is 11.8 Å². The number of nitrogens with one attached hydrogen (secondary N) is 1. The number of nitrogens with zero attached hydrogens (tertiary/aromatic N) is 1. The molecule has 0 spiro atoms. The van der Waals surface area contributed by atoms with Crippen LogP contribution in [0.2, 0.25) is 0 Å². The summed E-state index contributed by atoms with van der Waals surface area (Å²) in [5, 5.41) is 13.0. The van der Waals surface area contributed by atoms with E-state index in [9.17, 15) is 5.11 Å². The van der Waals surface area contributed by atoms with Crippen molar-refractivity contribution >= 4 is 0 Å². The lowest BCUT2D eigenvalue weighted by atomic mass is 9.83. The van der Waals surface area contributed by atoms with Gasteiger partial charge in [0.25, 0.3) is 0 Å². The van der Waals surface area contributed by atoms with Gasteiger partial charge in [0.2, 0.25) is 0 Å². The third kappa shape index (κ3) is 2.52. The fourth-order valence-corrected chi connectivity index (χ4v) is 2.88. The average Bonchev–Trinajstić information content (AvgIpc) is 2.27. The molecule has 3 heterocycles. The van der Waals surface area contributed by atoms with Crippen LogP contribution in [0.15, 0.2) is 0 Å². The third-order valence-electron chi connectivity index (χ3n) is 4.09. The molecule has 3 aliphatic heterocycles. The van der Waals surface area contributed by atoms with Gasteiger partial charge in [-0.1, -0.05) is 13.8 Å². The van der Waals surface area contributed by atoms with Crippen LogP contribution in [0.1, 0.15) is 26.7 Å². The van der Waals surface area contributed by atoms with Crippen LogP contribution in [0, 0.1) is 11.8 Å². The smallest absolute Gasteiger partial charge is 0.0587 e. The molecule has 3 saturated heterocycles. The Hall–Kier alpha value is -0.120. The molecule has 0 aromatic rings. The molecule has 3 nitrogen and oxygen atoms in total. The van der Waals surface area contributed by atoms with E-state index in [1.54, 1.807) is 0 Å². The van der Waals surface area contributed by atoms with Crippen LogP contribution in [0.4, 0.5) is 0 Å². The molecule has 0 aromatic carbocycles. The van der Waals surface area contributed by atoms with Crippen LogP contribution < -0.4 is 5.32 Å². The van der Waals surface area contributed by atoms with Crippen molar-refractivity contribution in [3.8, 4) is 0 Å². The molecule has 88 valence electrons. The Bertz CT molecular complexity index is 200. The molecule has 0 radical (unpaired) electrons. The lowest BCUT2D eigenvalue weighted by Gasteiger charge is -2.46. The van der Waals surface area contributed by atoms with Crippen molar-refractivity contribution in [2.75, 3.05) is 26.2 Å². The predicted molar refractivity (Wildman–Crippen MR) is 61.8 cm³/mol. The number of rotatable bonds is 4. The molecule has 1 unspecified atom stereocenters. The quantitative estimate of drug-likeness (QED) is 0.719. The zero-order valence-electron chi connectivity index (χ0n) is 9.95. The van der Waals surface area contributed by atoms with Crippen molar-refractivity contribution in [2.45, 2.75) is 38.8 Å². The minimum absolute atomic E-state index is 0.265. The van der Waals surface area contributed by atoms with Gasteiger partial charge in [-0.05, 0) is 37.8 Å². The lowest BCUT2D eigenvalue weighted by Crippen LogP contribution is -2.59. The normalized spacial score (nSPS) is 37.2. The topological polar surface area (TPSA) is 35.5 Å². The Morgan fingerprint density at radius 2 is 2.00 bits per heavy atom. The summed E-state index contributed by atoms with van der Waals surface area (Å²) in [7, 11) is 0. The first-order valence-corrected chi connectivity index (χ1v) is 6.30. The highest BCUT2D eigenvalue weighted by Gasteiger charge is 2.35. The minimum Gasteiger partial charge on any atom is -0.395 e. The summed E-state index contributed by atoms with van der Waals surface area (Å²) < 4.78 is 0. The highest BCUT2D eigenvalue weighted by Crippen LogP contribution is 2.28. The molecule has 3 heteroatoms. The number of piperidine rings is 3. The van der Waals surface area contributed by atoms with Gasteiger partial charge in [0.05, 0.1) is 6.61 Å². The molecule has 3 fully saturated rings. The Morgan fingerprint density at radius 1 is 1.33 bits per heavy atom. The number of aliphatic hydroxyl groups is 1. The van der Waals surface area contributed by atoms with Crippen molar-refractivity contribution in [1.82, 2.24) is 10.2 Å². The van der Waals surface area contributed by atoms with E-state index in [4.69, 9.17) is 0 Å². The molecular weight excluding hydrogens is 188 g/mol. The van der Waals surface area contributed by atoms with Gasteiger partial charge in [0.15, 0.2) is 0 Å². The van der Waals surface area contributed by atoms with Crippen LogP contribution in [-0.2, 0) is 0 Å². The molecular formula is C12H24N2O. The maximum absolute atomic E-state index is 9.32. The van der Waals surface area contributed by atoms with Crippen molar-refractivity contribution in [1.29, 1.82) is 0 Å². The number of hydrogen-bond acceptors (Lipinski definition) is 3.